The van der Waals surface area contributed by atoms with Crippen molar-refractivity contribution in [2.45, 2.75) is 37.6 Å². The zero-order valence-corrected chi connectivity index (χ0v) is 15.8. The number of aromatic nitrogens is 3. The molecule has 3 heterocycles. The number of aliphatic hydroxyl groups excluding tert-OH is 3. The van der Waals surface area contributed by atoms with Crippen LogP contribution in [0, 0.1) is 18.6 Å². The van der Waals surface area contributed by atoms with Crippen LogP contribution in [0.2, 0.25) is 5.02 Å². The van der Waals surface area contributed by atoms with Crippen LogP contribution in [0.1, 0.15) is 23.6 Å². The molecule has 0 aliphatic carbocycles. The molecule has 1 aliphatic heterocycles. The number of aliphatic hydroxyl groups is 3. The highest BCUT2D eigenvalue weighted by atomic mass is 35.5. The van der Waals surface area contributed by atoms with E-state index in [2.05, 4.69) is 9.97 Å². The molecule has 8 nitrogen and oxygen atoms in total. The lowest BCUT2D eigenvalue weighted by Gasteiger charge is -2.21. The number of aryl methyl sites for hydroxylation is 1. The highest BCUT2D eigenvalue weighted by Gasteiger charge is 2.48. The van der Waals surface area contributed by atoms with E-state index in [-0.39, 0.29) is 27.6 Å². The topological polar surface area (TPSA) is 127 Å². The molecule has 0 saturated carbocycles. The first-order valence-corrected chi connectivity index (χ1v) is 9.01. The number of nitrogens with zero attached hydrogens (tertiary/aromatic N) is 3. The standard InChI is InChI=1S/C18H17ClF2N4O4/c1-6-11-10(21)5-25(16(11)24-18(22)23-6)17-14(28)13(27)15(29-17)12(26)7-2-3-8(19)9(20)4-7/h2-5,12-15,17,26-28H,1H3,(H2,22,23,24)/t12-,13+,14-,15-,17-/m1/s1. The average molecular weight is 427 g/mol. The highest BCUT2D eigenvalue weighted by molar-refractivity contribution is 6.30. The Balaban J connectivity index is 1.71. The molecular formula is C18H17ClF2N4O4. The predicted molar refractivity (Wildman–Crippen MR) is 98.9 cm³/mol. The summed E-state index contributed by atoms with van der Waals surface area (Å²) >= 11 is 5.64. The van der Waals surface area contributed by atoms with E-state index in [1.165, 1.54) is 16.7 Å². The molecule has 5 N–H and O–H groups in total. The Morgan fingerprint density at radius 2 is 1.93 bits per heavy atom. The van der Waals surface area contributed by atoms with Crippen molar-refractivity contribution in [3.8, 4) is 0 Å². The van der Waals surface area contributed by atoms with Crippen molar-refractivity contribution in [3.05, 3.63) is 52.3 Å². The number of nitrogens with two attached hydrogens (primary N) is 1. The van der Waals surface area contributed by atoms with Crippen LogP contribution in [0.5, 0.6) is 0 Å². The maximum atomic E-state index is 14.4. The fourth-order valence-electron chi connectivity index (χ4n) is 3.55. The Hall–Kier alpha value is -2.37. The minimum Gasteiger partial charge on any atom is -0.387 e. The van der Waals surface area contributed by atoms with Gasteiger partial charge in [-0.25, -0.2) is 13.8 Å². The van der Waals surface area contributed by atoms with Crippen LogP contribution in [0.25, 0.3) is 11.0 Å². The number of nitrogen functional groups attached to an aromatic ring is 1. The molecular weight excluding hydrogens is 410 g/mol. The molecule has 154 valence electrons. The number of hydrogen-bond acceptors (Lipinski definition) is 7. The van der Waals surface area contributed by atoms with Crippen LogP contribution >= 0.6 is 11.6 Å². The number of benzene rings is 1. The monoisotopic (exact) mass is 426 g/mol. The molecule has 1 saturated heterocycles. The normalized spacial score (nSPS) is 25.6. The van der Waals surface area contributed by atoms with Crippen molar-refractivity contribution in [2.24, 2.45) is 0 Å². The first kappa shape index (κ1) is 19.9. The number of anilines is 1. The minimum atomic E-state index is -1.55. The zero-order valence-electron chi connectivity index (χ0n) is 15.0. The summed E-state index contributed by atoms with van der Waals surface area (Å²) in [5.41, 5.74) is 6.10. The Labute approximate surface area is 168 Å². The fourth-order valence-corrected chi connectivity index (χ4v) is 3.67. The molecule has 1 fully saturated rings. The van der Waals surface area contributed by atoms with Crippen molar-refractivity contribution < 1.29 is 28.8 Å². The lowest BCUT2D eigenvalue weighted by atomic mass is 9.99. The molecule has 0 spiro atoms. The van der Waals surface area contributed by atoms with Gasteiger partial charge in [0, 0.05) is 6.20 Å². The van der Waals surface area contributed by atoms with Gasteiger partial charge in [-0.15, -0.1) is 0 Å². The van der Waals surface area contributed by atoms with E-state index in [1.54, 1.807) is 6.92 Å². The molecule has 0 amide bonds. The second kappa shape index (κ2) is 7.15. The molecule has 0 unspecified atom stereocenters. The summed E-state index contributed by atoms with van der Waals surface area (Å²) in [5.74, 6) is -1.52. The summed E-state index contributed by atoms with van der Waals surface area (Å²) in [4.78, 5) is 7.91. The summed E-state index contributed by atoms with van der Waals surface area (Å²) in [6.45, 7) is 1.55. The smallest absolute Gasteiger partial charge is 0.222 e. The summed E-state index contributed by atoms with van der Waals surface area (Å²) < 4.78 is 35.0. The van der Waals surface area contributed by atoms with Crippen molar-refractivity contribution in [3.63, 3.8) is 0 Å². The lowest BCUT2D eigenvalue weighted by molar-refractivity contribution is -0.0850. The van der Waals surface area contributed by atoms with Gasteiger partial charge < -0.3 is 30.4 Å². The lowest BCUT2D eigenvalue weighted by Crippen LogP contribution is -2.34. The molecule has 5 atom stereocenters. The van der Waals surface area contributed by atoms with Gasteiger partial charge in [0.15, 0.2) is 17.7 Å². The third-order valence-corrected chi connectivity index (χ3v) is 5.28. The maximum absolute atomic E-state index is 14.4. The average Bonchev–Trinajstić information content (AvgIpc) is 3.14. The molecule has 0 bridgehead atoms. The van der Waals surface area contributed by atoms with Crippen LogP contribution in [-0.2, 0) is 4.74 Å². The molecule has 11 heteroatoms. The van der Waals surface area contributed by atoms with Gasteiger partial charge in [-0.2, -0.15) is 4.98 Å². The van der Waals surface area contributed by atoms with Crippen LogP contribution in [0.3, 0.4) is 0 Å². The van der Waals surface area contributed by atoms with Gasteiger partial charge in [0.05, 0.1) is 16.1 Å². The Morgan fingerprint density at radius 3 is 2.62 bits per heavy atom. The number of hydrogen-bond donors (Lipinski definition) is 4. The summed E-state index contributed by atoms with van der Waals surface area (Å²) in [5, 5.41) is 31.4. The summed E-state index contributed by atoms with van der Waals surface area (Å²) in [6.07, 6.45) is -6.11. The largest absolute Gasteiger partial charge is 0.387 e. The SMILES string of the molecule is Cc1nc(N)nc2c1c(F)cn2[C@@H]1O[C@H]([C@H](O)c2ccc(Cl)c(F)c2)[C@@H](O)[C@H]1O. The highest BCUT2D eigenvalue weighted by Crippen LogP contribution is 2.38. The third kappa shape index (κ3) is 3.22. The van der Waals surface area contributed by atoms with E-state index in [4.69, 9.17) is 22.1 Å². The minimum absolute atomic E-state index is 0.0661. The van der Waals surface area contributed by atoms with Crippen LogP contribution in [0.4, 0.5) is 14.7 Å². The first-order valence-electron chi connectivity index (χ1n) is 8.63. The van der Waals surface area contributed by atoms with Gasteiger partial charge >= 0.3 is 0 Å². The van der Waals surface area contributed by atoms with Gasteiger partial charge in [-0.1, -0.05) is 17.7 Å². The van der Waals surface area contributed by atoms with Crippen molar-refractivity contribution in [1.82, 2.24) is 14.5 Å². The second-order valence-electron chi connectivity index (χ2n) is 6.84. The van der Waals surface area contributed by atoms with Crippen LogP contribution in [0.15, 0.2) is 24.4 Å². The van der Waals surface area contributed by atoms with E-state index in [0.717, 1.165) is 12.3 Å². The van der Waals surface area contributed by atoms with Crippen molar-refractivity contribution >= 4 is 28.6 Å². The number of rotatable bonds is 3. The van der Waals surface area contributed by atoms with Gasteiger partial charge in [0.1, 0.15) is 30.2 Å². The van der Waals surface area contributed by atoms with Crippen LogP contribution < -0.4 is 5.73 Å². The van der Waals surface area contributed by atoms with Crippen molar-refractivity contribution in [1.29, 1.82) is 0 Å². The first-order chi connectivity index (χ1) is 13.7. The molecule has 4 rings (SSSR count). The molecule has 3 aromatic rings. The fraction of sp³-hybridized carbons (Fsp3) is 0.333. The van der Waals surface area contributed by atoms with Gasteiger partial charge in [-0.3, -0.25) is 0 Å². The van der Waals surface area contributed by atoms with Crippen molar-refractivity contribution in [2.75, 3.05) is 5.73 Å². The van der Waals surface area contributed by atoms with E-state index in [1.807, 2.05) is 0 Å². The molecule has 1 aromatic carbocycles. The molecule has 29 heavy (non-hydrogen) atoms. The zero-order chi connectivity index (χ0) is 21.0. The van der Waals surface area contributed by atoms with Gasteiger partial charge in [0.2, 0.25) is 5.95 Å². The van der Waals surface area contributed by atoms with E-state index >= 15 is 0 Å². The Kier molecular flexibility index (Phi) is 4.91. The van der Waals surface area contributed by atoms with E-state index in [9.17, 15) is 24.1 Å². The maximum Gasteiger partial charge on any atom is 0.222 e. The molecule has 2 aromatic heterocycles. The molecule has 1 aliphatic rings. The van der Waals surface area contributed by atoms with Crippen LogP contribution in [-0.4, -0.2) is 48.2 Å². The number of halogens is 3. The summed E-state index contributed by atoms with van der Waals surface area (Å²) in [6, 6.07) is 3.63. The van der Waals surface area contributed by atoms with Gasteiger partial charge in [0.25, 0.3) is 0 Å². The van der Waals surface area contributed by atoms with E-state index < -0.39 is 42.3 Å². The quantitative estimate of drug-likeness (QED) is 0.501. The predicted octanol–water partition coefficient (Wildman–Crippen LogP) is 1.61. The second-order valence-corrected chi connectivity index (χ2v) is 7.25. The Morgan fingerprint density at radius 1 is 1.21 bits per heavy atom. The summed E-state index contributed by atoms with van der Waals surface area (Å²) in [7, 11) is 0. The Bertz CT molecular complexity index is 1100. The third-order valence-electron chi connectivity index (χ3n) is 4.97. The van der Waals surface area contributed by atoms with E-state index in [0.29, 0.717) is 5.69 Å². The molecule has 0 radical (unpaired) electrons. The number of fused-ring (bicyclic) bond motifs is 1. The number of ether oxygens (including phenoxy) is 1. The van der Waals surface area contributed by atoms with Gasteiger partial charge in [-0.05, 0) is 24.6 Å².